The van der Waals surface area contributed by atoms with Gasteiger partial charge in [0, 0.05) is 30.4 Å². The van der Waals surface area contributed by atoms with Crippen molar-refractivity contribution in [3.8, 4) is 0 Å². The lowest BCUT2D eigenvalue weighted by Gasteiger charge is -2.11. The molecule has 6 heteroatoms. The molecule has 0 saturated heterocycles. The molecule has 2 rings (SSSR count). The minimum Gasteiger partial charge on any atom is -0.449 e. The summed E-state index contributed by atoms with van der Waals surface area (Å²) < 4.78 is 6.84. The molecule has 0 aromatic carbocycles. The molecule has 0 spiro atoms. The molecule has 1 saturated carbocycles. The van der Waals surface area contributed by atoms with Gasteiger partial charge in [-0.1, -0.05) is 0 Å². The van der Waals surface area contributed by atoms with Crippen LogP contribution in [0.3, 0.4) is 0 Å². The van der Waals surface area contributed by atoms with Crippen LogP contribution in [0.1, 0.15) is 36.7 Å². The number of nitrogens with zero attached hydrogens (tertiary/aromatic N) is 2. The number of aryl methyl sites for hydroxylation is 2. The van der Waals surface area contributed by atoms with Crippen molar-refractivity contribution in [2.24, 2.45) is 7.05 Å². The van der Waals surface area contributed by atoms with E-state index in [4.69, 9.17) is 4.74 Å². The number of ether oxygens (including phenoxy) is 1. The second-order valence-electron chi connectivity index (χ2n) is 5.40. The molecule has 1 atom stereocenters. The second kappa shape index (κ2) is 6.11. The number of esters is 1. The largest absolute Gasteiger partial charge is 0.449 e. The third-order valence-electron chi connectivity index (χ3n) is 3.54. The minimum atomic E-state index is -0.779. The Morgan fingerprint density at radius 3 is 2.62 bits per heavy atom. The molecule has 1 fully saturated rings. The lowest BCUT2D eigenvalue weighted by Crippen LogP contribution is -2.36. The number of carbonyl (C=O) groups is 2. The van der Waals surface area contributed by atoms with Gasteiger partial charge in [-0.15, -0.1) is 0 Å². The Kier molecular flexibility index (Phi) is 4.45. The van der Waals surface area contributed by atoms with Crippen LogP contribution in [0.2, 0.25) is 0 Å². The molecule has 114 valence electrons. The summed E-state index contributed by atoms with van der Waals surface area (Å²) in [6.07, 6.45) is 4.24. The van der Waals surface area contributed by atoms with Gasteiger partial charge in [0.1, 0.15) is 0 Å². The normalized spacial score (nSPS) is 16.0. The van der Waals surface area contributed by atoms with Crippen LogP contribution in [0.15, 0.2) is 6.08 Å². The highest BCUT2D eigenvalue weighted by atomic mass is 16.5. The average Bonchev–Trinajstić information content (AvgIpc) is 3.17. The van der Waals surface area contributed by atoms with E-state index in [0.29, 0.717) is 0 Å². The predicted molar refractivity (Wildman–Crippen MR) is 78.4 cm³/mol. The molecular formula is C15H21N3O3. The molecular weight excluding hydrogens is 270 g/mol. The number of carbonyl (C=O) groups excluding carboxylic acids is 2. The van der Waals surface area contributed by atoms with Crippen LogP contribution in [-0.4, -0.2) is 33.8 Å². The number of hydrogen-bond acceptors (Lipinski definition) is 4. The van der Waals surface area contributed by atoms with Gasteiger partial charge in [-0.25, -0.2) is 4.79 Å². The van der Waals surface area contributed by atoms with Crippen LogP contribution in [-0.2, 0) is 21.4 Å². The van der Waals surface area contributed by atoms with E-state index in [1.165, 1.54) is 6.08 Å². The maximum atomic E-state index is 11.7. The van der Waals surface area contributed by atoms with E-state index in [9.17, 15) is 9.59 Å². The highest BCUT2D eigenvalue weighted by molar-refractivity contribution is 5.90. The van der Waals surface area contributed by atoms with E-state index < -0.39 is 12.1 Å². The summed E-state index contributed by atoms with van der Waals surface area (Å²) in [4.78, 5) is 23.4. The molecule has 6 nitrogen and oxygen atoms in total. The summed E-state index contributed by atoms with van der Waals surface area (Å²) in [6, 6.07) is 0.259. The van der Waals surface area contributed by atoms with Crippen LogP contribution < -0.4 is 5.32 Å². The number of hydrogen-bond donors (Lipinski definition) is 1. The maximum Gasteiger partial charge on any atom is 0.331 e. The molecule has 21 heavy (non-hydrogen) atoms. The Morgan fingerprint density at radius 2 is 2.10 bits per heavy atom. The van der Waals surface area contributed by atoms with Crippen LogP contribution in [0, 0.1) is 13.8 Å². The Hall–Kier alpha value is -2.11. The smallest absolute Gasteiger partial charge is 0.331 e. The van der Waals surface area contributed by atoms with Gasteiger partial charge in [-0.2, -0.15) is 5.10 Å². The van der Waals surface area contributed by atoms with E-state index in [1.807, 2.05) is 20.9 Å². The van der Waals surface area contributed by atoms with Gasteiger partial charge >= 0.3 is 5.97 Å². The van der Waals surface area contributed by atoms with Gasteiger partial charge < -0.3 is 10.1 Å². The summed E-state index contributed by atoms with van der Waals surface area (Å²) in [5.74, 6) is -0.774. The topological polar surface area (TPSA) is 73.2 Å². The number of nitrogens with one attached hydrogen (secondary N) is 1. The average molecular weight is 291 g/mol. The Labute approximate surface area is 124 Å². The third kappa shape index (κ3) is 3.93. The van der Waals surface area contributed by atoms with Crippen molar-refractivity contribution >= 4 is 18.0 Å². The van der Waals surface area contributed by atoms with E-state index in [0.717, 1.165) is 29.8 Å². The fourth-order valence-electron chi connectivity index (χ4n) is 2.00. The molecule has 1 heterocycles. The molecule has 1 aliphatic carbocycles. The molecule has 1 aromatic heterocycles. The van der Waals surface area contributed by atoms with Crippen molar-refractivity contribution in [2.75, 3.05) is 0 Å². The summed E-state index contributed by atoms with van der Waals surface area (Å²) in [7, 11) is 1.85. The van der Waals surface area contributed by atoms with Crippen LogP contribution in [0.25, 0.3) is 6.08 Å². The number of rotatable bonds is 5. The van der Waals surface area contributed by atoms with E-state index >= 15 is 0 Å². The van der Waals surface area contributed by atoms with Crippen molar-refractivity contribution in [3.05, 3.63) is 23.0 Å². The lowest BCUT2D eigenvalue weighted by molar-refractivity contribution is -0.150. The first-order chi connectivity index (χ1) is 9.88. The van der Waals surface area contributed by atoms with Crippen molar-refractivity contribution in [2.45, 2.75) is 45.8 Å². The van der Waals surface area contributed by atoms with Gasteiger partial charge in [0.05, 0.1) is 5.69 Å². The first-order valence-electron chi connectivity index (χ1n) is 7.07. The molecule has 0 unspecified atom stereocenters. The highest BCUT2D eigenvalue weighted by Crippen LogP contribution is 2.19. The zero-order valence-corrected chi connectivity index (χ0v) is 12.8. The third-order valence-corrected chi connectivity index (χ3v) is 3.54. The lowest BCUT2D eigenvalue weighted by atomic mass is 10.2. The van der Waals surface area contributed by atoms with E-state index in [2.05, 4.69) is 10.4 Å². The van der Waals surface area contributed by atoms with Gasteiger partial charge in [0.2, 0.25) is 0 Å². The first-order valence-corrected chi connectivity index (χ1v) is 7.07. The zero-order chi connectivity index (χ0) is 15.6. The SMILES string of the molecule is Cc1nn(C)c(C)c1/C=C/C(=O)O[C@@H](C)C(=O)NC1CC1. The summed E-state index contributed by atoms with van der Waals surface area (Å²) >= 11 is 0. The molecule has 1 aliphatic rings. The fourth-order valence-corrected chi connectivity index (χ4v) is 2.00. The van der Waals surface area contributed by atoms with Crippen LogP contribution in [0.4, 0.5) is 0 Å². The van der Waals surface area contributed by atoms with Gasteiger partial charge in [-0.3, -0.25) is 9.48 Å². The second-order valence-corrected chi connectivity index (χ2v) is 5.40. The molecule has 0 aliphatic heterocycles. The van der Waals surface area contributed by atoms with E-state index in [1.54, 1.807) is 17.7 Å². The van der Waals surface area contributed by atoms with Crippen molar-refractivity contribution in [1.29, 1.82) is 0 Å². The van der Waals surface area contributed by atoms with Gasteiger partial charge in [-0.05, 0) is 39.7 Å². The zero-order valence-electron chi connectivity index (χ0n) is 12.8. The summed E-state index contributed by atoms with van der Waals surface area (Å²) in [5.41, 5.74) is 2.71. The Morgan fingerprint density at radius 1 is 1.43 bits per heavy atom. The van der Waals surface area contributed by atoms with Crippen molar-refractivity contribution < 1.29 is 14.3 Å². The van der Waals surface area contributed by atoms with Crippen molar-refractivity contribution in [3.63, 3.8) is 0 Å². The first kappa shape index (κ1) is 15.3. The summed E-state index contributed by atoms with van der Waals surface area (Å²) in [5, 5.41) is 7.07. The standard InChI is InChI=1S/C15H21N3O3/c1-9-13(10(2)18(4)17-9)7-8-14(19)21-11(3)15(20)16-12-5-6-12/h7-8,11-12H,5-6H2,1-4H3,(H,16,20)/b8-7+/t11-/m0/s1. The van der Waals surface area contributed by atoms with Crippen molar-refractivity contribution in [1.82, 2.24) is 15.1 Å². The predicted octanol–water partition coefficient (Wildman–Crippen LogP) is 1.26. The quantitative estimate of drug-likeness (QED) is 0.655. The molecule has 1 aromatic rings. The number of aromatic nitrogens is 2. The molecule has 0 radical (unpaired) electrons. The molecule has 0 bridgehead atoms. The van der Waals surface area contributed by atoms with Gasteiger partial charge in [0.25, 0.3) is 5.91 Å². The number of amides is 1. The summed E-state index contributed by atoms with van der Waals surface area (Å²) in [6.45, 7) is 5.38. The molecule has 1 amide bonds. The van der Waals surface area contributed by atoms with Crippen LogP contribution >= 0.6 is 0 Å². The Bertz CT molecular complexity index is 585. The van der Waals surface area contributed by atoms with Crippen LogP contribution in [0.5, 0.6) is 0 Å². The monoisotopic (exact) mass is 291 g/mol. The maximum absolute atomic E-state index is 11.7. The minimum absolute atomic E-state index is 0.243. The Balaban J connectivity index is 1.91. The fraction of sp³-hybridized carbons (Fsp3) is 0.533. The highest BCUT2D eigenvalue weighted by Gasteiger charge is 2.26. The molecule has 1 N–H and O–H groups in total. The van der Waals surface area contributed by atoms with Gasteiger partial charge in [0.15, 0.2) is 6.10 Å². The van der Waals surface area contributed by atoms with E-state index in [-0.39, 0.29) is 11.9 Å².